The molecule has 3 rings (SSSR count). The number of furan rings is 1. The van der Waals surface area contributed by atoms with Crippen LogP contribution in [0.2, 0.25) is 0 Å². The molecule has 0 amide bonds. The fourth-order valence-electron chi connectivity index (χ4n) is 2.48. The van der Waals surface area contributed by atoms with Gasteiger partial charge in [0.05, 0.1) is 29.0 Å². The van der Waals surface area contributed by atoms with E-state index in [1.54, 1.807) is 12.1 Å². The average molecular weight is 412 g/mol. The molecule has 28 heavy (non-hydrogen) atoms. The van der Waals surface area contributed by atoms with Crippen LogP contribution in [0.15, 0.2) is 75.2 Å². The number of nitrogens with zero attached hydrogens (tertiary/aromatic N) is 2. The standard InChI is InChI=1S/C18H15F3N2O4S/c1-2-8-23(12-14-11-17(27-22-14)16-7-4-9-26-16)28(24,25)15-6-3-5-13(10-15)18(19,20)21/h2-7,9-11H,1,8,12H2. The van der Waals surface area contributed by atoms with Crippen molar-refractivity contribution < 1.29 is 30.5 Å². The number of sulfonamides is 1. The van der Waals surface area contributed by atoms with Crippen LogP contribution in [0.1, 0.15) is 11.3 Å². The van der Waals surface area contributed by atoms with E-state index in [9.17, 15) is 21.6 Å². The molecule has 0 N–H and O–H groups in total. The normalized spacial score (nSPS) is 12.4. The lowest BCUT2D eigenvalue weighted by Gasteiger charge is -2.20. The molecule has 2 aromatic heterocycles. The smallest absolute Gasteiger partial charge is 0.416 e. The Morgan fingerprint density at radius 2 is 1.93 bits per heavy atom. The Balaban J connectivity index is 1.90. The lowest BCUT2D eigenvalue weighted by atomic mass is 10.2. The van der Waals surface area contributed by atoms with Crippen LogP contribution in [0.4, 0.5) is 13.2 Å². The molecule has 0 aliphatic heterocycles. The summed E-state index contributed by atoms with van der Waals surface area (Å²) >= 11 is 0. The minimum absolute atomic E-state index is 0.123. The van der Waals surface area contributed by atoms with Gasteiger partial charge in [-0.2, -0.15) is 17.5 Å². The van der Waals surface area contributed by atoms with Crippen LogP contribution >= 0.6 is 0 Å². The van der Waals surface area contributed by atoms with Gasteiger partial charge in [0, 0.05) is 12.6 Å². The summed E-state index contributed by atoms with van der Waals surface area (Å²) in [6.07, 6.45) is -1.88. The Labute approximate surface area is 158 Å². The van der Waals surface area contributed by atoms with Gasteiger partial charge in [0.25, 0.3) is 0 Å². The minimum atomic E-state index is -4.65. The Morgan fingerprint density at radius 1 is 1.14 bits per heavy atom. The second kappa shape index (κ2) is 7.64. The van der Waals surface area contributed by atoms with Gasteiger partial charge in [0.2, 0.25) is 15.8 Å². The zero-order valence-corrected chi connectivity index (χ0v) is 15.2. The molecule has 0 saturated heterocycles. The van der Waals surface area contributed by atoms with Gasteiger partial charge in [-0.05, 0) is 30.3 Å². The van der Waals surface area contributed by atoms with Crippen LogP contribution in [0.25, 0.3) is 11.5 Å². The fourth-order valence-corrected chi connectivity index (χ4v) is 3.90. The molecule has 0 spiro atoms. The van der Waals surface area contributed by atoms with Crippen molar-refractivity contribution in [2.75, 3.05) is 6.54 Å². The van der Waals surface area contributed by atoms with Crippen molar-refractivity contribution >= 4 is 10.0 Å². The summed E-state index contributed by atoms with van der Waals surface area (Å²) in [5.41, 5.74) is -0.780. The first-order chi connectivity index (χ1) is 13.2. The Kier molecular flexibility index (Phi) is 5.43. The highest BCUT2D eigenvalue weighted by molar-refractivity contribution is 7.89. The highest BCUT2D eigenvalue weighted by Crippen LogP contribution is 2.31. The first kappa shape index (κ1) is 19.9. The quantitative estimate of drug-likeness (QED) is 0.540. The topological polar surface area (TPSA) is 76.6 Å². The van der Waals surface area contributed by atoms with Gasteiger partial charge in [-0.25, -0.2) is 8.42 Å². The first-order valence-corrected chi connectivity index (χ1v) is 9.43. The Hall–Kier alpha value is -2.85. The van der Waals surface area contributed by atoms with E-state index in [-0.39, 0.29) is 18.8 Å². The van der Waals surface area contributed by atoms with Crippen LogP contribution in [0, 0.1) is 0 Å². The first-order valence-electron chi connectivity index (χ1n) is 7.99. The lowest BCUT2D eigenvalue weighted by molar-refractivity contribution is -0.137. The van der Waals surface area contributed by atoms with E-state index >= 15 is 0 Å². The van der Waals surface area contributed by atoms with Crippen molar-refractivity contribution in [1.82, 2.24) is 9.46 Å². The van der Waals surface area contributed by atoms with Crippen molar-refractivity contribution in [2.45, 2.75) is 17.6 Å². The maximum Gasteiger partial charge on any atom is 0.416 e. The van der Waals surface area contributed by atoms with E-state index in [4.69, 9.17) is 8.94 Å². The summed E-state index contributed by atoms with van der Waals surface area (Å²) in [6, 6.07) is 8.36. The van der Waals surface area contributed by atoms with Crippen molar-refractivity contribution in [1.29, 1.82) is 0 Å². The number of aromatic nitrogens is 1. The number of alkyl halides is 3. The number of rotatable bonds is 7. The predicted molar refractivity (Wildman–Crippen MR) is 93.4 cm³/mol. The van der Waals surface area contributed by atoms with Gasteiger partial charge in [-0.3, -0.25) is 0 Å². The van der Waals surface area contributed by atoms with Crippen LogP contribution in [0.3, 0.4) is 0 Å². The van der Waals surface area contributed by atoms with Gasteiger partial charge in [-0.1, -0.05) is 17.3 Å². The van der Waals surface area contributed by atoms with Crippen LogP contribution in [0.5, 0.6) is 0 Å². The second-order valence-electron chi connectivity index (χ2n) is 5.77. The number of hydrogen-bond acceptors (Lipinski definition) is 5. The van der Waals surface area contributed by atoms with Gasteiger partial charge >= 0.3 is 6.18 Å². The SMILES string of the molecule is C=CCN(Cc1cc(-c2ccco2)on1)S(=O)(=O)c1cccc(C(F)(F)F)c1. The summed E-state index contributed by atoms with van der Waals surface area (Å²) in [4.78, 5) is -0.473. The predicted octanol–water partition coefficient (Wildman–Crippen LogP) is 4.33. The molecular weight excluding hydrogens is 397 g/mol. The highest BCUT2D eigenvalue weighted by atomic mass is 32.2. The highest BCUT2D eigenvalue weighted by Gasteiger charge is 2.33. The fraction of sp³-hybridized carbons (Fsp3) is 0.167. The molecule has 0 atom stereocenters. The van der Waals surface area contributed by atoms with E-state index in [0.29, 0.717) is 17.6 Å². The van der Waals surface area contributed by atoms with E-state index in [1.807, 2.05) is 0 Å². The summed E-state index contributed by atoms with van der Waals surface area (Å²) in [5, 5.41) is 3.80. The van der Waals surface area contributed by atoms with Crippen molar-refractivity contribution in [3.63, 3.8) is 0 Å². The molecule has 0 fully saturated rings. The number of benzene rings is 1. The molecule has 0 aliphatic carbocycles. The zero-order valence-electron chi connectivity index (χ0n) is 14.4. The molecule has 0 aliphatic rings. The molecule has 1 aromatic carbocycles. The molecule has 2 heterocycles. The van der Waals surface area contributed by atoms with Gasteiger partial charge in [-0.15, -0.1) is 6.58 Å². The van der Waals surface area contributed by atoms with Crippen LogP contribution in [-0.4, -0.2) is 24.4 Å². The summed E-state index contributed by atoms with van der Waals surface area (Å²) < 4.78 is 75.8. The molecule has 0 bridgehead atoms. The second-order valence-corrected chi connectivity index (χ2v) is 7.71. The Morgan fingerprint density at radius 3 is 2.57 bits per heavy atom. The third-order valence-corrected chi connectivity index (χ3v) is 5.60. The Bertz CT molecular complexity index is 1060. The van der Waals surface area contributed by atoms with E-state index < -0.39 is 26.7 Å². The van der Waals surface area contributed by atoms with E-state index in [0.717, 1.165) is 22.5 Å². The van der Waals surface area contributed by atoms with Gasteiger partial charge in [0.1, 0.15) is 0 Å². The number of halogens is 3. The summed E-state index contributed by atoms with van der Waals surface area (Å²) in [6.45, 7) is 3.17. The molecule has 0 unspecified atom stereocenters. The van der Waals surface area contributed by atoms with Crippen LogP contribution in [-0.2, 0) is 22.7 Å². The molecule has 0 saturated carbocycles. The van der Waals surface area contributed by atoms with Gasteiger partial charge in [0.15, 0.2) is 5.76 Å². The lowest BCUT2D eigenvalue weighted by Crippen LogP contribution is -2.31. The molecule has 10 heteroatoms. The average Bonchev–Trinajstić information content (AvgIpc) is 3.32. The maximum atomic E-state index is 12.9. The van der Waals surface area contributed by atoms with Crippen molar-refractivity contribution in [3.8, 4) is 11.5 Å². The largest absolute Gasteiger partial charge is 0.461 e. The third kappa shape index (κ3) is 4.18. The summed E-state index contributed by atoms with van der Waals surface area (Å²) in [7, 11) is -4.23. The molecule has 6 nitrogen and oxygen atoms in total. The number of hydrogen-bond donors (Lipinski definition) is 0. The summed E-state index contributed by atoms with van der Waals surface area (Å²) in [5.74, 6) is 0.713. The zero-order chi connectivity index (χ0) is 20.4. The molecule has 148 valence electrons. The molecule has 3 aromatic rings. The van der Waals surface area contributed by atoms with Crippen molar-refractivity contribution in [2.24, 2.45) is 0 Å². The van der Waals surface area contributed by atoms with Crippen LogP contribution < -0.4 is 0 Å². The maximum absolute atomic E-state index is 12.9. The van der Waals surface area contributed by atoms with E-state index in [2.05, 4.69) is 11.7 Å². The molecular formula is C18H15F3N2O4S. The third-order valence-electron chi connectivity index (χ3n) is 3.79. The minimum Gasteiger partial charge on any atom is -0.461 e. The van der Waals surface area contributed by atoms with Crippen molar-refractivity contribution in [3.05, 3.63) is 72.6 Å². The monoisotopic (exact) mass is 412 g/mol. The van der Waals surface area contributed by atoms with E-state index in [1.165, 1.54) is 18.4 Å². The molecule has 0 radical (unpaired) electrons. The van der Waals surface area contributed by atoms with Gasteiger partial charge < -0.3 is 8.94 Å².